The van der Waals surface area contributed by atoms with E-state index in [2.05, 4.69) is 20.9 Å². The number of likely N-dealkylation sites (tertiary alicyclic amines) is 2. The maximum absolute atomic E-state index is 12.6. The van der Waals surface area contributed by atoms with E-state index in [0.29, 0.717) is 11.9 Å². The van der Waals surface area contributed by atoms with Crippen molar-refractivity contribution in [3.8, 4) is 0 Å². The average Bonchev–Trinajstić information content (AvgIpc) is 3.08. The summed E-state index contributed by atoms with van der Waals surface area (Å²) in [6, 6.07) is 4.83. The van der Waals surface area contributed by atoms with Gasteiger partial charge in [-0.2, -0.15) is 0 Å². The van der Waals surface area contributed by atoms with Crippen molar-refractivity contribution in [3.63, 3.8) is 0 Å². The Balaban J connectivity index is 1.40. The molecule has 2 aromatic heterocycles. The number of aromatic nitrogens is 3. The van der Waals surface area contributed by atoms with E-state index in [1.165, 1.54) is 5.56 Å². The van der Waals surface area contributed by atoms with Crippen LogP contribution in [-0.2, 0) is 11.8 Å². The van der Waals surface area contributed by atoms with Gasteiger partial charge in [0.15, 0.2) is 5.82 Å². The molecule has 2 aliphatic rings. The molecule has 2 saturated heterocycles. The first-order valence-corrected chi connectivity index (χ1v) is 9.14. The lowest BCUT2D eigenvalue weighted by Crippen LogP contribution is -2.60. The second-order valence-electron chi connectivity index (χ2n) is 7.09. The van der Waals surface area contributed by atoms with Crippen LogP contribution in [0.2, 0.25) is 0 Å². The summed E-state index contributed by atoms with van der Waals surface area (Å²) < 4.78 is 7.43. The Hall–Kier alpha value is -2.25. The molecule has 7 heteroatoms. The van der Waals surface area contributed by atoms with Gasteiger partial charge in [-0.3, -0.25) is 14.7 Å². The fraction of sp³-hybridized carbons (Fsp3) is 0.526. The van der Waals surface area contributed by atoms with Crippen LogP contribution < -0.4 is 0 Å². The van der Waals surface area contributed by atoms with Crippen LogP contribution in [0.4, 0.5) is 0 Å². The fourth-order valence-electron chi connectivity index (χ4n) is 4.15. The molecule has 0 saturated carbocycles. The molecular formula is C19H25N5O2. The first-order valence-electron chi connectivity index (χ1n) is 9.14. The maximum Gasteiger partial charge on any atom is 0.289 e. The Bertz CT molecular complexity index is 754. The zero-order valence-corrected chi connectivity index (χ0v) is 15.3. The molecule has 0 spiro atoms. The van der Waals surface area contributed by atoms with Crippen molar-refractivity contribution in [2.75, 3.05) is 26.7 Å². The molecule has 0 radical (unpaired) electrons. The van der Waals surface area contributed by atoms with Crippen LogP contribution in [0.3, 0.4) is 0 Å². The first-order chi connectivity index (χ1) is 12.7. The number of aryl methyl sites for hydroxylation is 1. The molecule has 1 amide bonds. The number of carbonyl (C=O) groups excluding carboxylic acids is 1. The highest BCUT2D eigenvalue weighted by Gasteiger charge is 2.44. The lowest BCUT2D eigenvalue weighted by molar-refractivity contribution is -0.115. The van der Waals surface area contributed by atoms with E-state index in [1.54, 1.807) is 24.1 Å². The van der Waals surface area contributed by atoms with Gasteiger partial charge < -0.3 is 14.2 Å². The topological polar surface area (TPSA) is 63.5 Å². The number of nitrogens with zero attached hydrogens (tertiary/aromatic N) is 5. The van der Waals surface area contributed by atoms with Crippen LogP contribution in [0.15, 0.2) is 36.9 Å². The van der Waals surface area contributed by atoms with Gasteiger partial charge in [0.2, 0.25) is 0 Å². The maximum atomic E-state index is 12.6. The van der Waals surface area contributed by atoms with Crippen molar-refractivity contribution in [3.05, 3.63) is 48.3 Å². The summed E-state index contributed by atoms with van der Waals surface area (Å²) in [5.74, 6) is 0.540. The Morgan fingerprint density at radius 1 is 1.27 bits per heavy atom. The second kappa shape index (κ2) is 7.17. The van der Waals surface area contributed by atoms with Crippen LogP contribution in [-0.4, -0.2) is 69.1 Å². The predicted molar refractivity (Wildman–Crippen MR) is 96.6 cm³/mol. The van der Waals surface area contributed by atoms with Crippen LogP contribution >= 0.6 is 0 Å². The predicted octanol–water partition coefficient (Wildman–Crippen LogP) is 1.49. The minimum Gasteiger partial charge on any atom is -0.378 e. The van der Waals surface area contributed by atoms with Crippen LogP contribution in [0.1, 0.15) is 35.1 Å². The average molecular weight is 355 g/mol. The fourth-order valence-corrected chi connectivity index (χ4v) is 4.15. The summed E-state index contributed by atoms with van der Waals surface area (Å²) in [5.41, 5.74) is 1.21. The minimum absolute atomic E-state index is 0.0261. The van der Waals surface area contributed by atoms with E-state index < -0.39 is 0 Å². The van der Waals surface area contributed by atoms with Gasteiger partial charge in [-0.05, 0) is 24.5 Å². The second-order valence-corrected chi connectivity index (χ2v) is 7.09. The molecule has 2 fully saturated rings. The third kappa shape index (κ3) is 3.01. The largest absolute Gasteiger partial charge is 0.378 e. The number of pyridine rings is 1. The Morgan fingerprint density at radius 3 is 2.69 bits per heavy atom. The van der Waals surface area contributed by atoms with Crippen molar-refractivity contribution in [2.24, 2.45) is 7.05 Å². The molecule has 26 heavy (non-hydrogen) atoms. The van der Waals surface area contributed by atoms with Gasteiger partial charge in [-0.25, -0.2) is 4.98 Å². The number of rotatable bonds is 4. The van der Waals surface area contributed by atoms with Crippen molar-refractivity contribution in [2.45, 2.75) is 31.0 Å². The summed E-state index contributed by atoms with van der Waals surface area (Å²) in [4.78, 5) is 25.5. The summed E-state index contributed by atoms with van der Waals surface area (Å²) in [7, 11) is 3.63. The molecule has 4 rings (SSSR count). The molecule has 0 unspecified atom stereocenters. The highest BCUT2D eigenvalue weighted by Crippen LogP contribution is 2.39. The number of carbonyl (C=O) groups is 1. The van der Waals surface area contributed by atoms with E-state index >= 15 is 0 Å². The molecule has 138 valence electrons. The van der Waals surface area contributed by atoms with E-state index in [-0.39, 0.29) is 18.1 Å². The number of ether oxygens (including phenoxy) is 1. The number of methoxy groups -OCH3 is 1. The van der Waals surface area contributed by atoms with Gasteiger partial charge in [0, 0.05) is 64.6 Å². The number of amides is 1. The van der Waals surface area contributed by atoms with Gasteiger partial charge in [-0.1, -0.05) is 6.07 Å². The minimum atomic E-state index is 0.0261. The van der Waals surface area contributed by atoms with Crippen LogP contribution in [0.25, 0.3) is 0 Å². The summed E-state index contributed by atoms with van der Waals surface area (Å²) >= 11 is 0. The first kappa shape index (κ1) is 17.2. The summed E-state index contributed by atoms with van der Waals surface area (Å²) in [6.45, 7) is 2.47. The van der Waals surface area contributed by atoms with Crippen molar-refractivity contribution in [1.29, 1.82) is 0 Å². The van der Waals surface area contributed by atoms with E-state index in [0.717, 1.165) is 32.5 Å². The molecule has 4 heterocycles. The molecule has 2 aliphatic heterocycles. The van der Waals surface area contributed by atoms with Gasteiger partial charge in [0.25, 0.3) is 5.91 Å². The summed E-state index contributed by atoms with van der Waals surface area (Å²) in [6.07, 6.45) is 9.38. The molecule has 0 aliphatic carbocycles. The zero-order valence-electron chi connectivity index (χ0n) is 15.3. The molecule has 0 aromatic carbocycles. The van der Waals surface area contributed by atoms with Crippen molar-refractivity contribution in [1.82, 2.24) is 24.3 Å². The van der Waals surface area contributed by atoms with Gasteiger partial charge in [-0.15, -0.1) is 0 Å². The van der Waals surface area contributed by atoms with E-state index in [1.807, 2.05) is 30.4 Å². The number of piperidine rings is 1. The lowest BCUT2D eigenvalue weighted by atomic mass is 9.87. The SMILES string of the molecule is CO[C@H]1CN(C2CCN(C(=O)c3nccn3C)CC2)[C@H]1c1cccnc1. The molecule has 2 aromatic rings. The standard InChI is InChI=1S/C19H25N5O2/c1-22-11-8-21-18(22)19(25)23-9-5-15(6-10-23)24-13-16(26-2)17(24)14-4-3-7-20-12-14/h3-4,7-8,11-12,15-17H,5-6,9-10,13H2,1-2H3/t16-,17-/m0/s1. The van der Waals surface area contributed by atoms with Crippen LogP contribution in [0, 0.1) is 0 Å². The summed E-state index contributed by atoms with van der Waals surface area (Å²) in [5, 5.41) is 0. The smallest absolute Gasteiger partial charge is 0.289 e. The molecule has 7 nitrogen and oxygen atoms in total. The third-order valence-electron chi connectivity index (χ3n) is 5.66. The van der Waals surface area contributed by atoms with Gasteiger partial charge >= 0.3 is 0 Å². The highest BCUT2D eigenvalue weighted by atomic mass is 16.5. The van der Waals surface area contributed by atoms with Crippen molar-refractivity contribution >= 4 is 5.91 Å². The number of imidazole rings is 1. The zero-order chi connectivity index (χ0) is 18.1. The normalized spacial score (nSPS) is 24.5. The van der Waals surface area contributed by atoms with E-state index in [4.69, 9.17) is 4.74 Å². The lowest BCUT2D eigenvalue weighted by Gasteiger charge is -2.52. The number of hydrogen-bond acceptors (Lipinski definition) is 5. The molecule has 0 bridgehead atoms. The molecule has 2 atom stereocenters. The van der Waals surface area contributed by atoms with E-state index in [9.17, 15) is 4.79 Å². The Labute approximate surface area is 153 Å². The molecular weight excluding hydrogens is 330 g/mol. The van der Waals surface area contributed by atoms with Crippen LogP contribution in [0.5, 0.6) is 0 Å². The van der Waals surface area contributed by atoms with Gasteiger partial charge in [0.05, 0.1) is 12.1 Å². The third-order valence-corrected chi connectivity index (χ3v) is 5.66. The monoisotopic (exact) mass is 355 g/mol. The number of hydrogen-bond donors (Lipinski definition) is 0. The Morgan fingerprint density at radius 2 is 2.08 bits per heavy atom. The van der Waals surface area contributed by atoms with Crippen molar-refractivity contribution < 1.29 is 9.53 Å². The quantitative estimate of drug-likeness (QED) is 0.832. The van der Waals surface area contributed by atoms with Gasteiger partial charge in [0.1, 0.15) is 0 Å². The Kier molecular flexibility index (Phi) is 4.74. The highest BCUT2D eigenvalue weighted by molar-refractivity contribution is 5.90. The molecule has 0 N–H and O–H groups in total.